The molecule has 0 saturated heterocycles. The lowest BCUT2D eigenvalue weighted by Gasteiger charge is -2.30. The SMILES string of the molecule is C=C1C(Cl)=CC=C(c2ccccc2Cl)N1CC. The first-order valence-corrected chi connectivity index (χ1v) is 6.20. The first kappa shape index (κ1) is 12.3. The van der Waals surface area contributed by atoms with Gasteiger partial charge in [0.25, 0.3) is 0 Å². The van der Waals surface area contributed by atoms with Crippen molar-refractivity contribution in [1.29, 1.82) is 0 Å². The van der Waals surface area contributed by atoms with Crippen molar-refractivity contribution < 1.29 is 0 Å². The second-order valence-corrected chi connectivity index (χ2v) is 4.55. The number of hydrogen-bond donors (Lipinski definition) is 0. The third kappa shape index (κ3) is 2.26. The zero-order valence-corrected chi connectivity index (χ0v) is 11.1. The normalized spacial score (nSPS) is 15.7. The molecule has 1 aromatic rings. The first-order chi connectivity index (χ1) is 8.15. The topological polar surface area (TPSA) is 3.24 Å². The first-order valence-electron chi connectivity index (χ1n) is 5.44. The van der Waals surface area contributed by atoms with Crippen LogP contribution in [0.4, 0.5) is 0 Å². The summed E-state index contributed by atoms with van der Waals surface area (Å²) in [4.78, 5) is 2.06. The summed E-state index contributed by atoms with van der Waals surface area (Å²) >= 11 is 12.3. The summed E-state index contributed by atoms with van der Waals surface area (Å²) in [6, 6.07) is 7.77. The van der Waals surface area contributed by atoms with E-state index in [4.69, 9.17) is 23.2 Å². The predicted molar refractivity (Wildman–Crippen MR) is 74.9 cm³/mol. The van der Waals surface area contributed by atoms with Crippen LogP contribution in [-0.4, -0.2) is 11.4 Å². The van der Waals surface area contributed by atoms with E-state index in [2.05, 4.69) is 18.4 Å². The Bertz CT molecular complexity index is 515. The van der Waals surface area contributed by atoms with E-state index in [0.717, 1.165) is 28.5 Å². The van der Waals surface area contributed by atoms with Crippen molar-refractivity contribution in [2.75, 3.05) is 6.54 Å². The molecule has 0 radical (unpaired) electrons. The van der Waals surface area contributed by atoms with Crippen molar-refractivity contribution in [3.63, 3.8) is 0 Å². The molecule has 0 unspecified atom stereocenters. The largest absolute Gasteiger partial charge is 0.341 e. The van der Waals surface area contributed by atoms with Gasteiger partial charge in [-0.1, -0.05) is 48.0 Å². The van der Waals surface area contributed by atoms with Crippen molar-refractivity contribution in [2.45, 2.75) is 6.92 Å². The Morgan fingerprint density at radius 3 is 2.53 bits per heavy atom. The van der Waals surface area contributed by atoms with Gasteiger partial charge in [0.2, 0.25) is 0 Å². The average Bonchev–Trinajstić information content (AvgIpc) is 2.33. The van der Waals surface area contributed by atoms with E-state index >= 15 is 0 Å². The van der Waals surface area contributed by atoms with Gasteiger partial charge in [0.05, 0.1) is 10.7 Å². The second-order valence-electron chi connectivity index (χ2n) is 3.74. The lowest BCUT2D eigenvalue weighted by molar-refractivity contribution is 0.528. The molecule has 2 rings (SSSR count). The summed E-state index contributed by atoms with van der Waals surface area (Å²) in [5.74, 6) is 0. The number of rotatable bonds is 2. The maximum Gasteiger partial charge on any atom is 0.0637 e. The van der Waals surface area contributed by atoms with E-state index in [9.17, 15) is 0 Å². The fourth-order valence-electron chi connectivity index (χ4n) is 1.88. The van der Waals surface area contributed by atoms with Gasteiger partial charge in [0.15, 0.2) is 0 Å². The van der Waals surface area contributed by atoms with Gasteiger partial charge in [-0.05, 0) is 25.1 Å². The van der Waals surface area contributed by atoms with Crippen LogP contribution in [0.25, 0.3) is 5.70 Å². The van der Waals surface area contributed by atoms with Crippen LogP contribution in [0.3, 0.4) is 0 Å². The molecule has 0 bridgehead atoms. The van der Waals surface area contributed by atoms with Crippen molar-refractivity contribution >= 4 is 28.9 Å². The van der Waals surface area contributed by atoms with E-state index in [1.165, 1.54) is 0 Å². The highest BCUT2D eigenvalue weighted by molar-refractivity contribution is 6.33. The number of allylic oxidation sites excluding steroid dienone is 3. The Morgan fingerprint density at radius 1 is 1.18 bits per heavy atom. The molecule has 3 heteroatoms. The Morgan fingerprint density at radius 2 is 1.88 bits per heavy atom. The highest BCUT2D eigenvalue weighted by atomic mass is 35.5. The number of benzene rings is 1. The quantitative estimate of drug-likeness (QED) is 0.752. The molecule has 0 amide bonds. The molecule has 1 heterocycles. The number of nitrogens with zero attached hydrogens (tertiary/aromatic N) is 1. The Labute approximate surface area is 112 Å². The van der Waals surface area contributed by atoms with Crippen LogP contribution in [0.1, 0.15) is 12.5 Å². The summed E-state index contributed by atoms with van der Waals surface area (Å²) in [5.41, 5.74) is 2.84. The minimum Gasteiger partial charge on any atom is -0.341 e. The van der Waals surface area contributed by atoms with Gasteiger partial charge in [-0.25, -0.2) is 0 Å². The van der Waals surface area contributed by atoms with Gasteiger partial charge in [0.1, 0.15) is 0 Å². The number of halogens is 2. The third-order valence-electron chi connectivity index (χ3n) is 2.75. The molecule has 0 fully saturated rings. The highest BCUT2D eigenvalue weighted by Gasteiger charge is 2.19. The zero-order valence-electron chi connectivity index (χ0n) is 9.58. The van der Waals surface area contributed by atoms with Gasteiger partial charge < -0.3 is 4.90 Å². The molecule has 1 aliphatic rings. The zero-order chi connectivity index (χ0) is 12.4. The predicted octanol–water partition coefficient (Wildman–Crippen LogP) is 4.65. The van der Waals surface area contributed by atoms with Gasteiger partial charge in [-0.3, -0.25) is 0 Å². The molecule has 0 aliphatic carbocycles. The fraction of sp³-hybridized carbons (Fsp3) is 0.143. The molecule has 0 saturated carbocycles. The maximum absolute atomic E-state index is 6.21. The molecule has 88 valence electrons. The van der Waals surface area contributed by atoms with E-state index in [-0.39, 0.29) is 0 Å². The lowest BCUT2D eigenvalue weighted by atomic mass is 10.1. The molecule has 1 aliphatic heterocycles. The second kappa shape index (κ2) is 4.99. The van der Waals surface area contributed by atoms with Crippen molar-refractivity contribution in [3.05, 3.63) is 64.3 Å². The Kier molecular flexibility index (Phi) is 3.60. The molecule has 0 N–H and O–H groups in total. The maximum atomic E-state index is 6.21. The van der Waals surface area contributed by atoms with Gasteiger partial charge >= 0.3 is 0 Å². The van der Waals surface area contributed by atoms with E-state index in [1.807, 2.05) is 36.4 Å². The van der Waals surface area contributed by atoms with Gasteiger partial charge in [-0.15, -0.1) is 0 Å². The van der Waals surface area contributed by atoms with Crippen LogP contribution in [0, 0.1) is 0 Å². The standard InChI is InChI=1S/C14H13Cl2N/c1-3-17-10(2)12(15)8-9-14(17)11-6-4-5-7-13(11)16/h4-9H,2-3H2,1H3. The van der Waals surface area contributed by atoms with Crippen LogP contribution in [0.2, 0.25) is 5.02 Å². The summed E-state index contributed by atoms with van der Waals surface area (Å²) < 4.78 is 0. The summed E-state index contributed by atoms with van der Waals surface area (Å²) in [6.07, 6.45) is 3.83. The molecule has 17 heavy (non-hydrogen) atoms. The van der Waals surface area contributed by atoms with Gasteiger partial charge in [0, 0.05) is 22.8 Å². The van der Waals surface area contributed by atoms with Crippen LogP contribution in [0.5, 0.6) is 0 Å². The Hall–Kier alpha value is -1.18. The van der Waals surface area contributed by atoms with E-state index in [1.54, 1.807) is 0 Å². The van der Waals surface area contributed by atoms with Crippen molar-refractivity contribution in [3.8, 4) is 0 Å². The molecule has 0 aromatic heterocycles. The van der Waals surface area contributed by atoms with Gasteiger partial charge in [-0.2, -0.15) is 0 Å². The highest BCUT2D eigenvalue weighted by Crippen LogP contribution is 2.34. The van der Waals surface area contributed by atoms with Crippen LogP contribution >= 0.6 is 23.2 Å². The number of likely N-dealkylation sites (N-methyl/N-ethyl adjacent to an activating group) is 1. The minimum absolute atomic E-state index is 0.669. The molecule has 1 aromatic carbocycles. The number of hydrogen-bond acceptors (Lipinski definition) is 1. The molecular weight excluding hydrogens is 253 g/mol. The summed E-state index contributed by atoms with van der Waals surface area (Å²) in [6.45, 7) is 6.86. The van der Waals surface area contributed by atoms with Crippen LogP contribution in [-0.2, 0) is 0 Å². The average molecular weight is 266 g/mol. The molecule has 1 nitrogen and oxygen atoms in total. The third-order valence-corrected chi connectivity index (χ3v) is 3.42. The van der Waals surface area contributed by atoms with E-state index < -0.39 is 0 Å². The molecule has 0 spiro atoms. The van der Waals surface area contributed by atoms with E-state index in [0.29, 0.717) is 5.03 Å². The molecule has 0 atom stereocenters. The summed E-state index contributed by atoms with van der Waals surface area (Å²) in [7, 11) is 0. The van der Waals surface area contributed by atoms with Crippen molar-refractivity contribution in [1.82, 2.24) is 4.90 Å². The molecular formula is C14H13Cl2N. The van der Waals surface area contributed by atoms with Crippen LogP contribution < -0.4 is 0 Å². The summed E-state index contributed by atoms with van der Waals surface area (Å²) in [5, 5.41) is 1.40. The monoisotopic (exact) mass is 265 g/mol. The smallest absolute Gasteiger partial charge is 0.0637 e. The lowest BCUT2D eigenvalue weighted by Crippen LogP contribution is -2.23. The fourth-order valence-corrected chi connectivity index (χ4v) is 2.28. The van der Waals surface area contributed by atoms with Crippen LogP contribution in [0.15, 0.2) is 53.7 Å². The minimum atomic E-state index is 0.669. The Balaban J connectivity index is 2.51. The van der Waals surface area contributed by atoms with Crippen molar-refractivity contribution in [2.24, 2.45) is 0 Å².